The zero-order valence-corrected chi connectivity index (χ0v) is 14.8. The lowest BCUT2D eigenvalue weighted by molar-refractivity contribution is -0.141. The van der Waals surface area contributed by atoms with Gasteiger partial charge in [-0.25, -0.2) is 0 Å². The van der Waals surface area contributed by atoms with Crippen LogP contribution in [-0.4, -0.2) is 41.4 Å². The monoisotopic (exact) mass is 349 g/mol. The average molecular weight is 350 g/mol. The molecule has 1 aliphatic carbocycles. The Hall–Kier alpha value is -1.59. The molecule has 24 heavy (non-hydrogen) atoms. The summed E-state index contributed by atoms with van der Waals surface area (Å²) in [5, 5.41) is 0.640. The molecule has 0 bridgehead atoms. The summed E-state index contributed by atoms with van der Waals surface area (Å²) >= 11 is 5.94. The van der Waals surface area contributed by atoms with E-state index in [1.165, 1.54) is 0 Å². The number of hydrogen-bond donors (Lipinski definition) is 1. The maximum atomic E-state index is 12.7. The predicted octanol–water partition coefficient (Wildman–Crippen LogP) is 2.57. The number of anilines is 1. The van der Waals surface area contributed by atoms with Crippen molar-refractivity contribution < 1.29 is 9.59 Å². The van der Waals surface area contributed by atoms with E-state index in [1.54, 1.807) is 21.9 Å². The normalized spacial score (nSPS) is 22.6. The molecule has 2 amide bonds. The summed E-state index contributed by atoms with van der Waals surface area (Å²) in [5.74, 6) is -0.129. The molecule has 0 unspecified atom stereocenters. The number of rotatable bonds is 5. The lowest BCUT2D eigenvalue weighted by Crippen LogP contribution is -2.61. The van der Waals surface area contributed by atoms with E-state index in [2.05, 4.69) is 6.92 Å². The molecule has 5 nitrogen and oxygen atoms in total. The van der Waals surface area contributed by atoms with Crippen molar-refractivity contribution in [3.63, 3.8) is 0 Å². The summed E-state index contributed by atoms with van der Waals surface area (Å²) in [6.07, 6.45) is 4.40. The lowest BCUT2D eigenvalue weighted by atomic mass is 10.0. The van der Waals surface area contributed by atoms with Gasteiger partial charge in [-0.1, -0.05) is 31.4 Å². The van der Waals surface area contributed by atoms with Crippen molar-refractivity contribution in [3.8, 4) is 0 Å². The van der Waals surface area contributed by atoms with Crippen molar-refractivity contribution in [2.24, 2.45) is 5.73 Å². The quantitative estimate of drug-likeness (QED) is 0.888. The number of benzene rings is 1. The third-order valence-electron chi connectivity index (χ3n) is 4.95. The number of carbonyl (C=O) groups is 2. The van der Waals surface area contributed by atoms with Gasteiger partial charge in [0.25, 0.3) is 0 Å². The van der Waals surface area contributed by atoms with Gasteiger partial charge in [0.2, 0.25) is 11.8 Å². The maximum absolute atomic E-state index is 12.7. The van der Waals surface area contributed by atoms with Gasteiger partial charge in [-0.2, -0.15) is 0 Å². The highest BCUT2D eigenvalue weighted by atomic mass is 35.5. The fourth-order valence-electron chi connectivity index (χ4n) is 3.20. The average Bonchev–Trinajstić information content (AvgIpc) is 3.32. The number of unbranched alkanes of at least 4 members (excludes halogenated alkanes) is 1. The van der Waals surface area contributed by atoms with Gasteiger partial charge < -0.3 is 15.5 Å². The first-order valence-corrected chi connectivity index (χ1v) is 8.98. The molecule has 0 aromatic heterocycles. The fourth-order valence-corrected chi connectivity index (χ4v) is 3.33. The third-order valence-corrected chi connectivity index (χ3v) is 5.20. The number of amides is 2. The summed E-state index contributed by atoms with van der Waals surface area (Å²) in [6.45, 7) is 2.75. The number of hydrogen-bond acceptors (Lipinski definition) is 3. The van der Waals surface area contributed by atoms with Crippen LogP contribution in [0.15, 0.2) is 24.3 Å². The topological polar surface area (TPSA) is 66.6 Å². The standard InChI is InChI=1S/C18H24ClN3O2/c1-2-3-4-15-11-21(14-7-5-13(19)6-8-14)16(23)12-22(15)17(24)18(20)9-10-18/h5-8,15H,2-4,9-12,20H2,1H3/t15-/m0/s1. The number of nitrogens with two attached hydrogens (primary N) is 1. The van der Waals surface area contributed by atoms with Crippen LogP contribution in [0.4, 0.5) is 5.69 Å². The van der Waals surface area contributed by atoms with E-state index in [-0.39, 0.29) is 24.4 Å². The molecule has 1 heterocycles. The predicted molar refractivity (Wildman–Crippen MR) is 95.0 cm³/mol. The molecule has 1 saturated heterocycles. The summed E-state index contributed by atoms with van der Waals surface area (Å²) < 4.78 is 0. The summed E-state index contributed by atoms with van der Waals surface area (Å²) in [7, 11) is 0. The second-order valence-corrected chi connectivity index (χ2v) is 7.30. The lowest BCUT2D eigenvalue weighted by Gasteiger charge is -2.42. The second kappa shape index (κ2) is 6.73. The van der Waals surface area contributed by atoms with Crippen molar-refractivity contribution in [2.75, 3.05) is 18.0 Å². The Morgan fingerprint density at radius 2 is 2.00 bits per heavy atom. The molecular formula is C18H24ClN3O2. The van der Waals surface area contributed by atoms with Crippen LogP contribution in [-0.2, 0) is 9.59 Å². The summed E-state index contributed by atoms with van der Waals surface area (Å²) in [6, 6.07) is 7.27. The molecule has 2 N–H and O–H groups in total. The van der Waals surface area contributed by atoms with Crippen LogP contribution in [0.5, 0.6) is 0 Å². The van der Waals surface area contributed by atoms with Crippen molar-refractivity contribution in [3.05, 3.63) is 29.3 Å². The Bertz CT molecular complexity index is 628. The van der Waals surface area contributed by atoms with Crippen LogP contribution < -0.4 is 10.6 Å². The third kappa shape index (κ3) is 3.42. The minimum absolute atomic E-state index is 0.0202. The largest absolute Gasteiger partial charge is 0.327 e. The van der Waals surface area contributed by atoms with Gasteiger partial charge in [0.1, 0.15) is 6.54 Å². The first-order valence-electron chi connectivity index (χ1n) is 8.60. The zero-order valence-electron chi connectivity index (χ0n) is 14.0. The molecule has 2 fully saturated rings. The number of piperazine rings is 1. The second-order valence-electron chi connectivity index (χ2n) is 6.87. The van der Waals surface area contributed by atoms with E-state index in [1.807, 2.05) is 12.1 Å². The van der Waals surface area contributed by atoms with Gasteiger partial charge in [0.15, 0.2) is 0 Å². The summed E-state index contributed by atoms with van der Waals surface area (Å²) in [4.78, 5) is 28.8. The van der Waals surface area contributed by atoms with Crippen LogP contribution in [0, 0.1) is 0 Å². The highest BCUT2D eigenvalue weighted by Crippen LogP contribution is 2.36. The molecule has 1 aromatic carbocycles. The zero-order chi connectivity index (χ0) is 17.3. The van der Waals surface area contributed by atoms with Crippen molar-refractivity contribution in [1.29, 1.82) is 0 Å². The van der Waals surface area contributed by atoms with Gasteiger partial charge >= 0.3 is 0 Å². The Morgan fingerprint density at radius 3 is 2.58 bits per heavy atom. The van der Waals surface area contributed by atoms with Crippen LogP contribution in [0.1, 0.15) is 39.0 Å². The van der Waals surface area contributed by atoms with Gasteiger partial charge in [0, 0.05) is 17.3 Å². The van der Waals surface area contributed by atoms with Crippen LogP contribution in [0.25, 0.3) is 0 Å². The van der Waals surface area contributed by atoms with E-state index >= 15 is 0 Å². The molecule has 2 aliphatic rings. The van der Waals surface area contributed by atoms with E-state index in [4.69, 9.17) is 17.3 Å². The minimum atomic E-state index is -0.729. The van der Waals surface area contributed by atoms with Crippen molar-refractivity contribution in [1.82, 2.24) is 4.90 Å². The molecule has 1 atom stereocenters. The molecule has 1 aromatic rings. The molecule has 130 valence electrons. The van der Waals surface area contributed by atoms with Crippen LogP contribution in [0.3, 0.4) is 0 Å². The van der Waals surface area contributed by atoms with E-state index in [9.17, 15) is 9.59 Å². The molecular weight excluding hydrogens is 326 g/mol. The number of halogens is 1. The maximum Gasteiger partial charge on any atom is 0.246 e. The Morgan fingerprint density at radius 1 is 1.33 bits per heavy atom. The van der Waals surface area contributed by atoms with E-state index in [0.717, 1.165) is 37.8 Å². The van der Waals surface area contributed by atoms with Crippen molar-refractivity contribution in [2.45, 2.75) is 50.6 Å². The number of carbonyl (C=O) groups excluding carboxylic acids is 2. The fraction of sp³-hybridized carbons (Fsp3) is 0.556. The van der Waals surface area contributed by atoms with Gasteiger partial charge in [-0.3, -0.25) is 9.59 Å². The van der Waals surface area contributed by atoms with Gasteiger partial charge in [-0.15, -0.1) is 0 Å². The highest BCUT2D eigenvalue weighted by molar-refractivity contribution is 6.30. The molecule has 0 spiro atoms. The van der Waals surface area contributed by atoms with Gasteiger partial charge in [0.05, 0.1) is 11.6 Å². The van der Waals surface area contributed by atoms with Gasteiger partial charge in [-0.05, 0) is 43.5 Å². The number of nitrogens with zero attached hydrogens (tertiary/aromatic N) is 2. The summed E-state index contributed by atoms with van der Waals surface area (Å²) in [5.41, 5.74) is 6.19. The molecule has 1 aliphatic heterocycles. The molecule has 1 saturated carbocycles. The van der Waals surface area contributed by atoms with Crippen LogP contribution >= 0.6 is 11.6 Å². The Labute approximate surface area is 147 Å². The van der Waals surface area contributed by atoms with E-state index < -0.39 is 5.54 Å². The Kier molecular flexibility index (Phi) is 4.83. The molecule has 6 heteroatoms. The first-order chi connectivity index (χ1) is 11.4. The first kappa shape index (κ1) is 17.2. The molecule has 3 rings (SSSR count). The minimum Gasteiger partial charge on any atom is -0.327 e. The van der Waals surface area contributed by atoms with Crippen molar-refractivity contribution >= 4 is 29.1 Å². The molecule has 0 radical (unpaired) electrons. The Balaban J connectivity index is 1.80. The smallest absolute Gasteiger partial charge is 0.246 e. The highest BCUT2D eigenvalue weighted by Gasteiger charge is 2.51. The van der Waals surface area contributed by atoms with Crippen LogP contribution in [0.2, 0.25) is 5.02 Å². The van der Waals surface area contributed by atoms with E-state index in [0.29, 0.717) is 11.6 Å². The SMILES string of the molecule is CCCC[C@H]1CN(c2ccc(Cl)cc2)C(=O)CN1C(=O)C1(N)CC1.